The summed E-state index contributed by atoms with van der Waals surface area (Å²) in [5.74, 6) is 0.567. The fourth-order valence-corrected chi connectivity index (χ4v) is 2.17. The second kappa shape index (κ2) is 6.61. The van der Waals surface area contributed by atoms with Gasteiger partial charge in [-0.05, 0) is 50.2 Å². The Balaban J connectivity index is 0.00000162. The molecule has 1 amide bonds. The topological polar surface area (TPSA) is 58.4 Å². The fraction of sp³-hybridized carbons (Fsp3) is 0.462. The highest BCUT2D eigenvalue weighted by Gasteiger charge is 2.19. The standard InChI is InChI=1S/C13H19N3O.ClH/c1-16-7-6-10(9-16)8-15-13(17)11-2-4-12(14)5-3-11;/h2-5,10H,6-9,14H2,1H3,(H,15,17);1H. The number of hydrogen-bond acceptors (Lipinski definition) is 3. The molecule has 1 aliphatic rings. The monoisotopic (exact) mass is 269 g/mol. The van der Waals surface area contributed by atoms with E-state index < -0.39 is 0 Å². The summed E-state index contributed by atoms with van der Waals surface area (Å²) in [6, 6.07) is 7.01. The zero-order chi connectivity index (χ0) is 12.3. The van der Waals surface area contributed by atoms with Crippen molar-refractivity contribution in [2.45, 2.75) is 6.42 Å². The molecule has 0 bridgehead atoms. The number of likely N-dealkylation sites (tertiary alicyclic amines) is 1. The third-order valence-corrected chi connectivity index (χ3v) is 3.21. The maximum atomic E-state index is 11.8. The van der Waals surface area contributed by atoms with E-state index in [0.29, 0.717) is 17.2 Å². The molecule has 1 aromatic carbocycles. The van der Waals surface area contributed by atoms with Crippen molar-refractivity contribution in [3.63, 3.8) is 0 Å². The van der Waals surface area contributed by atoms with Gasteiger partial charge in [0.2, 0.25) is 0 Å². The minimum Gasteiger partial charge on any atom is -0.399 e. The van der Waals surface area contributed by atoms with Crippen LogP contribution in [0.4, 0.5) is 5.69 Å². The van der Waals surface area contributed by atoms with Crippen LogP contribution < -0.4 is 11.1 Å². The summed E-state index contributed by atoms with van der Waals surface area (Å²) in [5, 5.41) is 2.97. The van der Waals surface area contributed by atoms with Crippen molar-refractivity contribution >= 4 is 24.0 Å². The molecule has 100 valence electrons. The highest BCUT2D eigenvalue weighted by molar-refractivity contribution is 5.94. The number of rotatable bonds is 3. The molecule has 2 rings (SSSR count). The molecule has 4 nitrogen and oxygen atoms in total. The van der Waals surface area contributed by atoms with Gasteiger partial charge in [0.05, 0.1) is 0 Å². The largest absolute Gasteiger partial charge is 0.399 e. The minimum atomic E-state index is -0.0143. The van der Waals surface area contributed by atoms with Crippen LogP contribution in [0, 0.1) is 5.92 Å². The maximum absolute atomic E-state index is 11.8. The first kappa shape index (κ1) is 14.8. The molecule has 3 N–H and O–H groups in total. The van der Waals surface area contributed by atoms with E-state index in [9.17, 15) is 4.79 Å². The Hall–Kier alpha value is -1.26. The van der Waals surface area contributed by atoms with Crippen LogP contribution in [0.15, 0.2) is 24.3 Å². The molecule has 18 heavy (non-hydrogen) atoms. The number of nitrogen functional groups attached to an aromatic ring is 1. The van der Waals surface area contributed by atoms with Crippen molar-refractivity contribution in [2.24, 2.45) is 5.92 Å². The van der Waals surface area contributed by atoms with E-state index in [2.05, 4.69) is 17.3 Å². The van der Waals surface area contributed by atoms with Gasteiger partial charge in [0.1, 0.15) is 0 Å². The normalized spacial score (nSPS) is 19.3. The Bertz CT molecular complexity index is 394. The van der Waals surface area contributed by atoms with Crippen molar-refractivity contribution in [1.29, 1.82) is 0 Å². The Kier molecular flexibility index (Phi) is 5.44. The molecule has 1 saturated heterocycles. The van der Waals surface area contributed by atoms with Crippen LogP contribution in [0.1, 0.15) is 16.8 Å². The molecular weight excluding hydrogens is 250 g/mol. The third-order valence-electron chi connectivity index (χ3n) is 3.21. The molecule has 1 heterocycles. The number of carbonyl (C=O) groups excluding carboxylic acids is 1. The number of carbonyl (C=O) groups is 1. The lowest BCUT2D eigenvalue weighted by atomic mass is 10.1. The Morgan fingerprint density at radius 3 is 2.67 bits per heavy atom. The van der Waals surface area contributed by atoms with Gasteiger partial charge in [-0.15, -0.1) is 12.4 Å². The van der Waals surface area contributed by atoms with Gasteiger partial charge in [0.15, 0.2) is 0 Å². The number of hydrogen-bond donors (Lipinski definition) is 2. The van der Waals surface area contributed by atoms with Crippen molar-refractivity contribution in [3.05, 3.63) is 29.8 Å². The molecule has 0 aliphatic carbocycles. The van der Waals surface area contributed by atoms with E-state index in [4.69, 9.17) is 5.73 Å². The maximum Gasteiger partial charge on any atom is 0.251 e. The smallest absolute Gasteiger partial charge is 0.251 e. The zero-order valence-corrected chi connectivity index (χ0v) is 11.4. The summed E-state index contributed by atoms with van der Waals surface area (Å²) < 4.78 is 0. The minimum absolute atomic E-state index is 0. The van der Waals surface area contributed by atoms with Gasteiger partial charge in [-0.2, -0.15) is 0 Å². The average Bonchev–Trinajstić information content (AvgIpc) is 2.73. The summed E-state index contributed by atoms with van der Waals surface area (Å²) >= 11 is 0. The van der Waals surface area contributed by atoms with Crippen LogP contribution in [0.5, 0.6) is 0 Å². The molecule has 1 aromatic rings. The average molecular weight is 270 g/mol. The molecule has 1 fully saturated rings. The molecule has 0 saturated carbocycles. The molecule has 1 aliphatic heterocycles. The molecular formula is C13H20ClN3O. The van der Waals surface area contributed by atoms with Crippen molar-refractivity contribution in [2.75, 3.05) is 32.4 Å². The lowest BCUT2D eigenvalue weighted by Gasteiger charge is -2.11. The van der Waals surface area contributed by atoms with Gasteiger partial charge in [0, 0.05) is 24.3 Å². The highest BCUT2D eigenvalue weighted by atomic mass is 35.5. The number of amides is 1. The summed E-state index contributed by atoms with van der Waals surface area (Å²) in [7, 11) is 2.11. The van der Waals surface area contributed by atoms with Gasteiger partial charge in [-0.3, -0.25) is 4.79 Å². The van der Waals surface area contributed by atoms with Crippen LogP contribution in [0.2, 0.25) is 0 Å². The Morgan fingerprint density at radius 1 is 1.44 bits per heavy atom. The first-order valence-corrected chi connectivity index (χ1v) is 5.97. The molecule has 5 heteroatoms. The van der Waals surface area contributed by atoms with E-state index in [1.807, 2.05) is 0 Å². The summed E-state index contributed by atoms with van der Waals surface area (Å²) in [6.45, 7) is 2.96. The molecule has 0 radical (unpaired) electrons. The van der Waals surface area contributed by atoms with Crippen LogP contribution in [-0.2, 0) is 0 Å². The predicted molar refractivity (Wildman–Crippen MR) is 76.0 cm³/mol. The molecule has 1 atom stereocenters. The Morgan fingerprint density at radius 2 is 2.11 bits per heavy atom. The van der Waals surface area contributed by atoms with Crippen molar-refractivity contribution < 1.29 is 4.79 Å². The first-order valence-electron chi connectivity index (χ1n) is 5.97. The van der Waals surface area contributed by atoms with Gasteiger partial charge >= 0.3 is 0 Å². The highest BCUT2D eigenvalue weighted by Crippen LogP contribution is 2.13. The SMILES string of the molecule is CN1CCC(CNC(=O)c2ccc(N)cc2)C1.Cl. The lowest BCUT2D eigenvalue weighted by Crippen LogP contribution is -2.30. The lowest BCUT2D eigenvalue weighted by molar-refractivity contribution is 0.0947. The second-order valence-corrected chi connectivity index (χ2v) is 4.75. The molecule has 0 aromatic heterocycles. The number of nitrogens with one attached hydrogen (secondary N) is 1. The molecule has 1 unspecified atom stereocenters. The predicted octanol–water partition coefficient (Wildman–Crippen LogP) is 1.37. The number of halogens is 1. The second-order valence-electron chi connectivity index (χ2n) is 4.75. The zero-order valence-electron chi connectivity index (χ0n) is 10.6. The van der Waals surface area contributed by atoms with E-state index in [0.717, 1.165) is 19.6 Å². The van der Waals surface area contributed by atoms with Crippen LogP contribution in [-0.4, -0.2) is 37.5 Å². The van der Waals surface area contributed by atoms with E-state index in [-0.39, 0.29) is 18.3 Å². The Labute approximate surface area is 114 Å². The van der Waals surface area contributed by atoms with Gasteiger partial charge in [-0.25, -0.2) is 0 Å². The first-order chi connectivity index (χ1) is 8.15. The third kappa shape index (κ3) is 3.89. The number of benzene rings is 1. The van der Waals surface area contributed by atoms with Crippen LogP contribution in [0.3, 0.4) is 0 Å². The summed E-state index contributed by atoms with van der Waals surface area (Å²) in [5.41, 5.74) is 6.93. The molecule has 0 spiro atoms. The number of nitrogens with two attached hydrogens (primary N) is 1. The van der Waals surface area contributed by atoms with Gasteiger partial charge < -0.3 is 16.0 Å². The quantitative estimate of drug-likeness (QED) is 0.815. The summed E-state index contributed by atoms with van der Waals surface area (Å²) in [6.07, 6.45) is 1.17. The van der Waals surface area contributed by atoms with E-state index in [1.54, 1.807) is 24.3 Å². The van der Waals surface area contributed by atoms with Crippen LogP contribution >= 0.6 is 12.4 Å². The van der Waals surface area contributed by atoms with E-state index in [1.165, 1.54) is 6.42 Å². The fourth-order valence-electron chi connectivity index (χ4n) is 2.17. The van der Waals surface area contributed by atoms with Gasteiger partial charge in [0.25, 0.3) is 5.91 Å². The van der Waals surface area contributed by atoms with Crippen molar-refractivity contribution in [3.8, 4) is 0 Å². The van der Waals surface area contributed by atoms with E-state index >= 15 is 0 Å². The number of anilines is 1. The van der Waals surface area contributed by atoms with Crippen LogP contribution in [0.25, 0.3) is 0 Å². The number of nitrogens with zero attached hydrogens (tertiary/aromatic N) is 1. The summed E-state index contributed by atoms with van der Waals surface area (Å²) in [4.78, 5) is 14.1. The van der Waals surface area contributed by atoms with Gasteiger partial charge in [-0.1, -0.05) is 0 Å². The van der Waals surface area contributed by atoms with Crippen molar-refractivity contribution in [1.82, 2.24) is 10.2 Å².